The second-order valence-electron chi connectivity index (χ2n) is 7.29. The van der Waals surface area contributed by atoms with Crippen LogP contribution < -0.4 is 9.46 Å². The summed E-state index contributed by atoms with van der Waals surface area (Å²) >= 11 is 0. The van der Waals surface area contributed by atoms with Gasteiger partial charge in [-0.1, -0.05) is 42.5 Å². The van der Waals surface area contributed by atoms with Crippen LogP contribution in [0.4, 0.5) is 4.39 Å². The van der Waals surface area contributed by atoms with Crippen molar-refractivity contribution in [1.29, 1.82) is 0 Å². The third kappa shape index (κ3) is 5.01. The molecule has 3 aromatic rings. The molecule has 1 fully saturated rings. The monoisotopic (exact) mass is 427 g/mol. The number of benzene rings is 2. The molecule has 6 nitrogen and oxygen atoms in total. The Morgan fingerprint density at radius 2 is 1.47 bits per heavy atom. The molecule has 1 heterocycles. The van der Waals surface area contributed by atoms with Gasteiger partial charge in [-0.2, -0.15) is 0 Å². The summed E-state index contributed by atoms with van der Waals surface area (Å²) in [6.45, 7) is 0. The highest BCUT2D eigenvalue weighted by molar-refractivity contribution is 7.89. The van der Waals surface area contributed by atoms with Gasteiger partial charge in [0, 0.05) is 6.04 Å². The second-order valence-corrected chi connectivity index (χ2v) is 9.00. The lowest BCUT2D eigenvalue weighted by Gasteiger charge is -2.28. The van der Waals surface area contributed by atoms with E-state index in [1.54, 1.807) is 12.1 Å². The summed E-state index contributed by atoms with van der Waals surface area (Å²) in [5.41, 5.74) is 2.01. The first-order valence-electron chi connectivity index (χ1n) is 9.82. The zero-order valence-electron chi connectivity index (χ0n) is 16.2. The molecule has 1 N–H and O–H groups in total. The molecular formula is C22H22FN3O3S. The number of halogens is 1. The summed E-state index contributed by atoms with van der Waals surface area (Å²) in [4.78, 5) is 7.85. The number of aromatic nitrogens is 2. The molecule has 30 heavy (non-hydrogen) atoms. The van der Waals surface area contributed by atoms with Crippen molar-refractivity contribution < 1.29 is 17.5 Å². The number of hydrogen-bond donors (Lipinski definition) is 1. The first kappa shape index (κ1) is 20.4. The van der Waals surface area contributed by atoms with Gasteiger partial charge in [-0.15, -0.1) is 0 Å². The SMILES string of the molecule is O=S(=O)(NC1CCC(Oc2ncc(F)cn2)CC1)c1ccc(-c2ccccc2)cc1. The number of nitrogens with zero attached hydrogens (tertiary/aromatic N) is 2. The highest BCUT2D eigenvalue weighted by atomic mass is 32.2. The average molecular weight is 428 g/mol. The molecule has 0 spiro atoms. The van der Waals surface area contributed by atoms with Crippen LogP contribution >= 0.6 is 0 Å². The Kier molecular flexibility index (Phi) is 6.06. The van der Waals surface area contributed by atoms with E-state index < -0.39 is 15.8 Å². The molecule has 0 aliphatic heterocycles. The standard InChI is InChI=1S/C22H22FN3O3S/c23-18-14-24-22(25-15-18)29-20-10-8-19(9-11-20)26-30(27,28)21-12-6-17(7-13-21)16-4-2-1-3-5-16/h1-7,12-15,19-20,26H,8-11H2. The van der Waals surface area contributed by atoms with Gasteiger partial charge in [-0.3, -0.25) is 0 Å². The molecule has 1 aromatic heterocycles. The normalized spacial score (nSPS) is 19.4. The van der Waals surface area contributed by atoms with Gasteiger partial charge in [-0.05, 0) is 48.9 Å². The van der Waals surface area contributed by atoms with Crippen molar-refractivity contribution in [1.82, 2.24) is 14.7 Å². The van der Waals surface area contributed by atoms with Gasteiger partial charge in [0.2, 0.25) is 10.0 Å². The largest absolute Gasteiger partial charge is 0.460 e. The third-order valence-corrected chi connectivity index (χ3v) is 6.67. The molecule has 0 atom stereocenters. The van der Waals surface area contributed by atoms with Crippen LogP contribution in [0.5, 0.6) is 6.01 Å². The van der Waals surface area contributed by atoms with Gasteiger partial charge < -0.3 is 4.74 Å². The summed E-state index contributed by atoms with van der Waals surface area (Å²) < 4.78 is 46.8. The first-order valence-corrected chi connectivity index (χ1v) is 11.3. The second kappa shape index (κ2) is 8.89. The fraction of sp³-hybridized carbons (Fsp3) is 0.273. The van der Waals surface area contributed by atoms with E-state index in [0.29, 0.717) is 25.7 Å². The molecule has 156 valence electrons. The van der Waals surface area contributed by atoms with Gasteiger partial charge >= 0.3 is 6.01 Å². The number of rotatable bonds is 6. The molecule has 0 saturated heterocycles. The minimum absolute atomic E-state index is 0.110. The quantitative estimate of drug-likeness (QED) is 0.644. The van der Waals surface area contributed by atoms with E-state index in [0.717, 1.165) is 23.5 Å². The lowest BCUT2D eigenvalue weighted by atomic mass is 9.94. The molecule has 8 heteroatoms. The number of sulfonamides is 1. The molecule has 0 radical (unpaired) electrons. The molecular weight excluding hydrogens is 405 g/mol. The smallest absolute Gasteiger partial charge is 0.316 e. The molecule has 0 bridgehead atoms. The van der Waals surface area contributed by atoms with Crippen LogP contribution in [-0.2, 0) is 10.0 Å². The minimum atomic E-state index is -3.60. The molecule has 0 amide bonds. The van der Waals surface area contributed by atoms with Crippen LogP contribution in [0.25, 0.3) is 11.1 Å². The Labute approximate surface area is 175 Å². The van der Waals surface area contributed by atoms with Gasteiger partial charge in [0.15, 0.2) is 5.82 Å². The molecule has 2 aromatic carbocycles. The van der Waals surface area contributed by atoms with Crippen molar-refractivity contribution in [2.75, 3.05) is 0 Å². The molecule has 1 saturated carbocycles. The van der Waals surface area contributed by atoms with E-state index in [4.69, 9.17) is 4.74 Å². The highest BCUT2D eigenvalue weighted by Gasteiger charge is 2.27. The van der Waals surface area contributed by atoms with Crippen molar-refractivity contribution in [2.24, 2.45) is 0 Å². The zero-order valence-corrected chi connectivity index (χ0v) is 17.1. The van der Waals surface area contributed by atoms with Crippen molar-refractivity contribution in [2.45, 2.75) is 42.7 Å². The summed E-state index contributed by atoms with van der Waals surface area (Å²) in [6, 6.07) is 16.7. The van der Waals surface area contributed by atoms with E-state index in [-0.39, 0.29) is 23.1 Å². The van der Waals surface area contributed by atoms with Crippen LogP contribution in [0.2, 0.25) is 0 Å². The van der Waals surface area contributed by atoms with Crippen LogP contribution in [0, 0.1) is 5.82 Å². The lowest BCUT2D eigenvalue weighted by Crippen LogP contribution is -2.39. The van der Waals surface area contributed by atoms with Gasteiger partial charge in [0.05, 0.1) is 17.3 Å². The van der Waals surface area contributed by atoms with Crippen LogP contribution in [0.1, 0.15) is 25.7 Å². The van der Waals surface area contributed by atoms with Crippen molar-refractivity contribution in [3.63, 3.8) is 0 Å². The van der Waals surface area contributed by atoms with E-state index >= 15 is 0 Å². The maximum Gasteiger partial charge on any atom is 0.316 e. The Hall–Kier alpha value is -2.84. The van der Waals surface area contributed by atoms with Crippen molar-refractivity contribution in [3.8, 4) is 17.1 Å². The van der Waals surface area contributed by atoms with E-state index in [1.165, 1.54) is 0 Å². The fourth-order valence-corrected chi connectivity index (χ4v) is 4.86. The molecule has 0 unspecified atom stereocenters. The summed E-state index contributed by atoms with van der Waals surface area (Å²) in [6.07, 6.45) is 4.64. The fourth-order valence-electron chi connectivity index (χ4n) is 3.55. The number of nitrogens with one attached hydrogen (secondary N) is 1. The topological polar surface area (TPSA) is 81.2 Å². The van der Waals surface area contributed by atoms with Crippen LogP contribution in [0.15, 0.2) is 71.9 Å². The Morgan fingerprint density at radius 1 is 0.867 bits per heavy atom. The van der Waals surface area contributed by atoms with E-state index in [2.05, 4.69) is 14.7 Å². The van der Waals surface area contributed by atoms with E-state index in [9.17, 15) is 12.8 Å². The van der Waals surface area contributed by atoms with Crippen LogP contribution in [-0.4, -0.2) is 30.5 Å². The maximum absolute atomic E-state index is 12.9. The van der Waals surface area contributed by atoms with Gasteiger partial charge in [0.25, 0.3) is 0 Å². The van der Waals surface area contributed by atoms with Crippen LogP contribution in [0.3, 0.4) is 0 Å². The third-order valence-electron chi connectivity index (χ3n) is 5.14. The summed E-state index contributed by atoms with van der Waals surface area (Å²) in [5, 5.41) is 0. The summed E-state index contributed by atoms with van der Waals surface area (Å²) in [7, 11) is -3.60. The van der Waals surface area contributed by atoms with Crippen molar-refractivity contribution >= 4 is 10.0 Å². The first-order chi connectivity index (χ1) is 14.5. The number of ether oxygens (including phenoxy) is 1. The minimum Gasteiger partial charge on any atom is -0.460 e. The Bertz CT molecular complexity index is 1070. The summed E-state index contributed by atoms with van der Waals surface area (Å²) in [5.74, 6) is -0.516. The van der Waals surface area contributed by atoms with E-state index in [1.807, 2.05) is 42.5 Å². The lowest BCUT2D eigenvalue weighted by molar-refractivity contribution is 0.132. The highest BCUT2D eigenvalue weighted by Crippen LogP contribution is 2.25. The zero-order chi connectivity index (χ0) is 21.0. The molecule has 1 aliphatic rings. The average Bonchev–Trinajstić information content (AvgIpc) is 2.77. The molecule has 4 rings (SSSR count). The predicted molar refractivity (Wildman–Crippen MR) is 111 cm³/mol. The number of hydrogen-bond acceptors (Lipinski definition) is 5. The van der Waals surface area contributed by atoms with Crippen molar-refractivity contribution in [3.05, 3.63) is 72.8 Å². The van der Waals surface area contributed by atoms with Gasteiger partial charge in [-0.25, -0.2) is 27.5 Å². The van der Waals surface area contributed by atoms with Gasteiger partial charge in [0.1, 0.15) is 6.10 Å². The Balaban J connectivity index is 1.33. The predicted octanol–water partition coefficient (Wildman–Crippen LogP) is 3.95. The Morgan fingerprint density at radius 3 is 2.10 bits per heavy atom. The molecule has 1 aliphatic carbocycles. The maximum atomic E-state index is 12.9.